The van der Waals surface area contributed by atoms with E-state index in [9.17, 15) is 0 Å². The van der Waals surface area contributed by atoms with E-state index in [1.165, 1.54) is 55.3 Å². The van der Waals surface area contributed by atoms with Crippen LogP contribution in [0.3, 0.4) is 0 Å². The third-order valence-electron chi connectivity index (χ3n) is 7.41. The number of aromatic nitrogens is 1. The van der Waals surface area contributed by atoms with Gasteiger partial charge in [-0.25, -0.2) is 0 Å². The second kappa shape index (κ2) is 5.16. The Balaban J connectivity index is 1.84. The van der Waals surface area contributed by atoms with Crippen molar-refractivity contribution >= 4 is 10.8 Å². The molecule has 3 aromatic carbocycles. The lowest BCUT2D eigenvalue weighted by molar-refractivity contribution is 0.639. The lowest BCUT2D eigenvalue weighted by atomic mass is 9.68. The second-order valence-electron chi connectivity index (χ2n) is 9.76. The van der Waals surface area contributed by atoms with Crippen molar-refractivity contribution in [3.05, 3.63) is 88.6 Å². The van der Waals surface area contributed by atoms with E-state index in [0.717, 1.165) is 5.69 Å². The molecule has 0 radical (unpaired) electrons. The van der Waals surface area contributed by atoms with E-state index in [1.807, 2.05) is 12.3 Å². The van der Waals surface area contributed by atoms with Crippen molar-refractivity contribution in [2.24, 2.45) is 0 Å². The van der Waals surface area contributed by atoms with Gasteiger partial charge in [0.1, 0.15) is 0 Å². The van der Waals surface area contributed by atoms with Gasteiger partial charge in [-0.2, -0.15) is 0 Å². The van der Waals surface area contributed by atoms with Crippen LogP contribution in [0, 0.1) is 6.92 Å². The molecule has 0 N–H and O–H groups in total. The molecular weight excluding hydrogens is 350 g/mol. The fourth-order valence-electron chi connectivity index (χ4n) is 5.79. The summed E-state index contributed by atoms with van der Waals surface area (Å²) in [6.07, 6.45) is 1.89. The van der Waals surface area contributed by atoms with Crippen LogP contribution in [0.1, 0.15) is 55.5 Å². The Morgan fingerprint density at radius 1 is 0.690 bits per heavy atom. The molecule has 1 heteroatoms. The number of aryl methyl sites for hydroxylation is 1. The normalized spacial score (nSPS) is 17.0. The van der Waals surface area contributed by atoms with E-state index < -0.39 is 0 Å². The van der Waals surface area contributed by atoms with E-state index >= 15 is 0 Å². The summed E-state index contributed by atoms with van der Waals surface area (Å²) < 4.78 is 0. The fourth-order valence-corrected chi connectivity index (χ4v) is 5.79. The first-order valence-electron chi connectivity index (χ1n) is 10.5. The number of pyridine rings is 1. The quantitative estimate of drug-likeness (QED) is 0.344. The van der Waals surface area contributed by atoms with Crippen molar-refractivity contribution in [2.45, 2.75) is 45.4 Å². The number of nitrogens with zero attached hydrogens (tertiary/aromatic N) is 1. The third-order valence-corrected chi connectivity index (χ3v) is 7.41. The topological polar surface area (TPSA) is 12.9 Å². The number of hydrogen-bond donors (Lipinski definition) is 0. The number of benzene rings is 3. The standard InChI is InChI=1S/C28H25N/c1-16-13-20-26-24-18(16)9-8-10-19(24)27(2,3)21-14-17(23-11-6-7-12-29-23)15-22(25(21)26)28(20,4)5/h6-15H,1-5H3. The molecule has 0 unspecified atom stereocenters. The van der Waals surface area contributed by atoms with Crippen LogP contribution in [0.5, 0.6) is 0 Å². The Morgan fingerprint density at radius 2 is 1.38 bits per heavy atom. The first-order valence-corrected chi connectivity index (χ1v) is 10.5. The molecule has 1 heterocycles. The fraction of sp³-hybridized carbons (Fsp3) is 0.250. The maximum absolute atomic E-state index is 4.66. The average molecular weight is 376 g/mol. The summed E-state index contributed by atoms with van der Waals surface area (Å²) in [7, 11) is 0. The third kappa shape index (κ3) is 1.93. The highest BCUT2D eigenvalue weighted by atomic mass is 14.7. The zero-order valence-electron chi connectivity index (χ0n) is 17.7. The molecule has 29 heavy (non-hydrogen) atoms. The molecule has 0 spiro atoms. The van der Waals surface area contributed by atoms with Crippen LogP contribution in [0.4, 0.5) is 0 Å². The minimum absolute atomic E-state index is 0.0172. The van der Waals surface area contributed by atoms with Gasteiger partial charge in [0.05, 0.1) is 5.69 Å². The van der Waals surface area contributed by atoms with E-state index in [4.69, 9.17) is 0 Å². The van der Waals surface area contributed by atoms with Crippen molar-refractivity contribution < 1.29 is 0 Å². The maximum Gasteiger partial charge on any atom is 0.0702 e. The maximum atomic E-state index is 4.66. The minimum Gasteiger partial charge on any atom is -0.256 e. The average Bonchev–Trinajstić information content (AvgIpc) is 2.94. The van der Waals surface area contributed by atoms with Gasteiger partial charge in [0.15, 0.2) is 0 Å². The molecule has 0 amide bonds. The first-order chi connectivity index (χ1) is 13.8. The highest BCUT2D eigenvalue weighted by Gasteiger charge is 2.45. The van der Waals surface area contributed by atoms with Crippen LogP contribution < -0.4 is 0 Å². The van der Waals surface area contributed by atoms with Gasteiger partial charge in [-0.15, -0.1) is 0 Å². The predicted octanol–water partition coefficient (Wildman–Crippen LogP) is 7.16. The molecule has 6 rings (SSSR count). The molecule has 4 aromatic rings. The van der Waals surface area contributed by atoms with Crippen LogP contribution in [-0.4, -0.2) is 4.98 Å². The predicted molar refractivity (Wildman–Crippen MR) is 122 cm³/mol. The Bertz CT molecular complexity index is 1340. The van der Waals surface area contributed by atoms with Crippen molar-refractivity contribution in [1.29, 1.82) is 0 Å². The van der Waals surface area contributed by atoms with Gasteiger partial charge in [-0.1, -0.05) is 58.0 Å². The Labute approximate surface area is 172 Å². The molecule has 0 bridgehead atoms. The lowest BCUT2D eigenvalue weighted by Crippen LogP contribution is -2.24. The molecule has 0 aliphatic heterocycles. The molecule has 0 saturated carbocycles. The molecule has 0 saturated heterocycles. The van der Waals surface area contributed by atoms with Gasteiger partial charge in [-0.3, -0.25) is 4.98 Å². The smallest absolute Gasteiger partial charge is 0.0702 e. The molecule has 1 nitrogen and oxygen atoms in total. The van der Waals surface area contributed by atoms with E-state index in [1.54, 1.807) is 0 Å². The van der Waals surface area contributed by atoms with Gasteiger partial charge >= 0.3 is 0 Å². The SMILES string of the molecule is Cc1cc2c3c4c(cccc14)C(C)(C)c1cc(-c4ccccn4)cc(c1-3)C2(C)C. The molecule has 142 valence electrons. The number of rotatable bonds is 1. The number of hydrogen-bond acceptors (Lipinski definition) is 1. The monoisotopic (exact) mass is 375 g/mol. The lowest BCUT2D eigenvalue weighted by Gasteiger charge is -2.35. The van der Waals surface area contributed by atoms with Crippen molar-refractivity contribution in [3.8, 4) is 22.4 Å². The van der Waals surface area contributed by atoms with Crippen LogP contribution in [0.15, 0.2) is 60.8 Å². The van der Waals surface area contributed by atoms with Gasteiger partial charge in [-0.05, 0) is 80.9 Å². The summed E-state index contributed by atoms with van der Waals surface area (Å²) in [5, 5.41) is 2.87. The Hall–Kier alpha value is -2.93. The van der Waals surface area contributed by atoms with Gasteiger partial charge in [0.25, 0.3) is 0 Å². The summed E-state index contributed by atoms with van der Waals surface area (Å²) in [5.74, 6) is 0. The summed E-state index contributed by atoms with van der Waals surface area (Å²) in [6, 6.07) is 20.3. The molecule has 0 atom stereocenters. The van der Waals surface area contributed by atoms with Gasteiger partial charge < -0.3 is 0 Å². The molecular formula is C28H25N. The van der Waals surface area contributed by atoms with E-state index in [0.29, 0.717) is 0 Å². The van der Waals surface area contributed by atoms with E-state index in [-0.39, 0.29) is 10.8 Å². The Kier molecular flexibility index (Phi) is 3.02. The van der Waals surface area contributed by atoms with Crippen LogP contribution in [-0.2, 0) is 10.8 Å². The molecule has 0 fully saturated rings. The van der Waals surface area contributed by atoms with Crippen molar-refractivity contribution in [2.75, 3.05) is 0 Å². The zero-order valence-corrected chi connectivity index (χ0v) is 17.7. The van der Waals surface area contributed by atoms with Crippen LogP contribution in [0.25, 0.3) is 33.2 Å². The zero-order chi connectivity index (χ0) is 20.1. The first kappa shape index (κ1) is 17.0. The largest absolute Gasteiger partial charge is 0.256 e. The highest BCUT2D eigenvalue weighted by Crippen LogP contribution is 2.60. The molecule has 2 aliphatic carbocycles. The summed E-state index contributed by atoms with van der Waals surface area (Å²) in [5.41, 5.74) is 12.3. The summed E-state index contributed by atoms with van der Waals surface area (Å²) >= 11 is 0. The van der Waals surface area contributed by atoms with Crippen molar-refractivity contribution in [3.63, 3.8) is 0 Å². The highest BCUT2D eigenvalue weighted by molar-refractivity contribution is 6.09. The van der Waals surface area contributed by atoms with E-state index in [2.05, 4.69) is 88.1 Å². The van der Waals surface area contributed by atoms with Crippen LogP contribution in [0.2, 0.25) is 0 Å². The van der Waals surface area contributed by atoms with Gasteiger partial charge in [0, 0.05) is 22.6 Å². The molecule has 2 aliphatic rings. The molecule has 1 aromatic heterocycles. The second-order valence-corrected chi connectivity index (χ2v) is 9.76. The summed E-state index contributed by atoms with van der Waals surface area (Å²) in [6.45, 7) is 11.8. The summed E-state index contributed by atoms with van der Waals surface area (Å²) in [4.78, 5) is 4.66. The van der Waals surface area contributed by atoms with Crippen LogP contribution >= 0.6 is 0 Å². The van der Waals surface area contributed by atoms with Crippen molar-refractivity contribution in [1.82, 2.24) is 4.98 Å². The Morgan fingerprint density at radius 3 is 2.07 bits per heavy atom. The minimum atomic E-state index is -0.0487. The van der Waals surface area contributed by atoms with Gasteiger partial charge in [0.2, 0.25) is 0 Å².